The summed E-state index contributed by atoms with van der Waals surface area (Å²) in [6.45, 7) is 1.83. The monoisotopic (exact) mass is 555 g/mol. The van der Waals surface area contributed by atoms with Crippen LogP contribution in [0.5, 0.6) is 0 Å². The van der Waals surface area contributed by atoms with Gasteiger partial charge in [-0.25, -0.2) is 12.8 Å². The molecule has 0 bridgehead atoms. The number of hydrogen-bond donors (Lipinski definition) is 2. The third kappa shape index (κ3) is 5.04. The lowest BCUT2D eigenvalue weighted by atomic mass is 10.0. The van der Waals surface area contributed by atoms with E-state index in [2.05, 4.69) is 15.0 Å². The molecular formula is C26H23ClFN5O2S2. The maximum absolute atomic E-state index is 13.9. The molecule has 1 fully saturated rings. The summed E-state index contributed by atoms with van der Waals surface area (Å²) in [7, 11) is -3.43. The fourth-order valence-corrected chi connectivity index (χ4v) is 5.70. The van der Waals surface area contributed by atoms with Gasteiger partial charge in [-0.2, -0.15) is 0 Å². The topological polar surface area (TPSA) is 79.3 Å². The van der Waals surface area contributed by atoms with Crippen molar-refractivity contribution in [1.29, 1.82) is 0 Å². The second-order valence-electron chi connectivity index (χ2n) is 8.77. The van der Waals surface area contributed by atoms with E-state index >= 15 is 0 Å². The molecule has 4 aromatic rings. The highest BCUT2D eigenvalue weighted by atomic mass is 35.5. The zero-order chi connectivity index (χ0) is 26.3. The first-order valence-electron chi connectivity index (χ1n) is 11.3. The number of pyridine rings is 1. The molecule has 11 heteroatoms. The Labute approximate surface area is 225 Å². The highest BCUT2D eigenvalue weighted by Gasteiger charge is 2.42. The number of halogens is 2. The van der Waals surface area contributed by atoms with E-state index in [1.165, 1.54) is 6.07 Å². The maximum Gasteiger partial charge on any atom is 0.229 e. The highest BCUT2D eigenvalue weighted by Crippen LogP contribution is 2.43. The molecular weight excluding hydrogens is 533 g/mol. The van der Waals surface area contributed by atoms with Crippen molar-refractivity contribution in [2.45, 2.75) is 19.0 Å². The Morgan fingerprint density at radius 1 is 1.08 bits per heavy atom. The van der Waals surface area contributed by atoms with Gasteiger partial charge in [-0.15, -0.1) is 0 Å². The average Bonchev–Trinajstić information content (AvgIpc) is 3.46. The number of nitrogens with zero attached hydrogens (tertiary/aromatic N) is 3. The van der Waals surface area contributed by atoms with Gasteiger partial charge in [0.2, 0.25) is 10.0 Å². The van der Waals surface area contributed by atoms with Gasteiger partial charge >= 0.3 is 0 Å². The molecule has 1 aliphatic rings. The van der Waals surface area contributed by atoms with Crippen molar-refractivity contribution in [3.63, 3.8) is 0 Å². The fraction of sp³-hybridized carbons (Fsp3) is 0.154. The van der Waals surface area contributed by atoms with Crippen LogP contribution in [0.4, 0.5) is 15.8 Å². The zero-order valence-corrected chi connectivity index (χ0v) is 22.3. The van der Waals surface area contributed by atoms with Crippen LogP contribution in [0.25, 0.3) is 5.69 Å². The molecule has 7 nitrogen and oxygen atoms in total. The zero-order valence-electron chi connectivity index (χ0n) is 19.9. The number of thiocarbonyl (C=S) groups is 1. The lowest BCUT2D eigenvalue weighted by molar-refractivity contribution is 0.549. The number of sulfonamides is 1. The number of nitrogens with one attached hydrogen (secondary N) is 2. The summed E-state index contributed by atoms with van der Waals surface area (Å²) in [4.78, 5) is 6.57. The molecule has 0 saturated carbocycles. The third-order valence-electron chi connectivity index (χ3n) is 6.15. The number of aryl methyl sites for hydroxylation is 1. The van der Waals surface area contributed by atoms with Crippen LogP contribution in [-0.4, -0.2) is 29.3 Å². The Hall–Kier alpha value is -3.47. The van der Waals surface area contributed by atoms with Gasteiger partial charge in [0.05, 0.1) is 28.7 Å². The molecule has 0 unspecified atom stereocenters. The van der Waals surface area contributed by atoms with E-state index in [1.54, 1.807) is 24.4 Å². The van der Waals surface area contributed by atoms with Gasteiger partial charge < -0.3 is 14.8 Å². The summed E-state index contributed by atoms with van der Waals surface area (Å²) in [5.41, 5.74) is 4.39. The largest absolute Gasteiger partial charge is 0.351 e. The van der Waals surface area contributed by atoms with E-state index in [9.17, 15) is 12.8 Å². The number of benzene rings is 2. The first kappa shape index (κ1) is 25.2. The summed E-state index contributed by atoms with van der Waals surface area (Å²) in [5, 5.41) is 3.93. The van der Waals surface area contributed by atoms with Crippen LogP contribution < -0.4 is 14.9 Å². The van der Waals surface area contributed by atoms with Crippen molar-refractivity contribution in [2.24, 2.45) is 0 Å². The van der Waals surface area contributed by atoms with Crippen LogP contribution in [0.2, 0.25) is 5.02 Å². The molecule has 1 aliphatic heterocycles. The van der Waals surface area contributed by atoms with Crippen LogP contribution in [0.1, 0.15) is 29.0 Å². The maximum atomic E-state index is 13.9. The standard InChI is InChI=1S/C26H23ClFN5O2S2/c1-16-14-18(9-11-21(16)31-37(2,34)35)33-25(24(30-26(33)36)22-6-3-4-12-29-22)23-7-5-13-32(23)17-8-10-20(28)19(27)15-17/h3-15,24-25,31H,1-2H3,(H,30,36)/t24-,25-/m1/s1. The number of rotatable bonds is 6. The summed E-state index contributed by atoms with van der Waals surface area (Å²) in [5.74, 6) is -0.492. The highest BCUT2D eigenvalue weighted by molar-refractivity contribution is 7.92. The average molecular weight is 556 g/mol. The number of aromatic nitrogens is 2. The molecule has 2 aromatic heterocycles. The Morgan fingerprint density at radius 3 is 2.54 bits per heavy atom. The van der Waals surface area contributed by atoms with Gasteiger partial charge in [-0.3, -0.25) is 9.71 Å². The summed E-state index contributed by atoms with van der Waals surface area (Å²) in [6, 6.07) is 19.0. The van der Waals surface area contributed by atoms with Crippen molar-refractivity contribution in [1.82, 2.24) is 14.9 Å². The van der Waals surface area contributed by atoms with Crippen molar-refractivity contribution in [2.75, 3.05) is 15.9 Å². The molecule has 3 heterocycles. The minimum absolute atomic E-state index is 0.0277. The minimum Gasteiger partial charge on any atom is -0.351 e. The van der Waals surface area contributed by atoms with E-state index in [0.29, 0.717) is 16.5 Å². The van der Waals surface area contributed by atoms with Crippen LogP contribution in [0.3, 0.4) is 0 Å². The van der Waals surface area contributed by atoms with E-state index in [-0.39, 0.29) is 17.1 Å². The molecule has 2 aromatic carbocycles. The van der Waals surface area contributed by atoms with Gasteiger partial charge in [0.15, 0.2) is 5.11 Å². The Kier molecular flexibility index (Phi) is 6.65. The lowest BCUT2D eigenvalue weighted by Crippen LogP contribution is -2.30. The van der Waals surface area contributed by atoms with Gasteiger partial charge in [0.1, 0.15) is 11.9 Å². The molecule has 5 rings (SSSR count). The first-order valence-corrected chi connectivity index (χ1v) is 14.0. The Bertz CT molecular complexity index is 1590. The van der Waals surface area contributed by atoms with Gasteiger partial charge in [0.25, 0.3) is 0 Å². The minimum atomic E-state index is -3.43. The van der Waals surface area contributed by atoms with E-state index in [1.807, 2.05) is 65.1 Å². The molecule has 0 radical (unpaired) electrons. The molecule has 37 heavy (non-hydrogen) atoms. The smallest absolute Gasteiger partial charge is 0.229 e. The summed E-state index contributed by atoms with van der Waals surface area (Å²) in [6.07, 6.45) is 4.73. The molecule has 0 spiro atoms. The predicted molar refractivity (Wildman–Crippen MR) is 148 cm³/mol. The summed E-state index contributed by atoms with van der Waals surface area (Å²) < 4.78 is 41.9. The molecule has 0 amide bonds. The molecule has 2 N–H and O–H groups in total. The van der Waals surface area contributed by atoms with Crippen molar-refractivity contribution in [3.8, 4) is 5.69 Å². The fourth-order valence-electron chi connectivity index (χ4n) is 4.55. The van der Waals surface area contributed by atoms with Crippen LogP contribution in [-0.2, 0) is 10.0 Å². The molecule has 190 valence electrons. The molecule has 2 atom stereocenters. The SMILES string of the molecule is Cc1cc(N2C(=S)N[C@H](c3ccccn3)[C@H]2c2cccn2-c2ccc(F)c(Cl)c2)ccc1NS(C)(=O)=O. The summed E-state index contributed by atoms with van der Waals surface area (Å²) >= 11 is 11.9. The quantitative estimate of drug-likeness (QED) is 0.305. The van der Waals surface area contributed by atoms with Gasteiger partial charge in [-0.05, 0) is 85.4 Å². The van der Waals surface area contributed by atoms with Crippen molar-refractivity contribution in [3.05, 3.63) is 107 Å². The van der Waals surface area contributed by atoms with E-state index in [0.717, 1.165) is 28.9 Å². The van der Waals surface area contributed by atoms with Crippen LogP contribution in [0, 0.1) is 12.7 Å². The van der Waals surface area contributed by atoms with Crippen molar-refractivity contribution < 1.29 is 12.8 Å². The second kappa shape index (κ2) is 9.77. The second-order valence-corrected chi connectivity index (χ2v) is 11.3. The van der Waals surface area contributed by atoms with Crippen LogP contribution >= 0.6 is 23.8 Å². The Balaban J connectivity index is 1.64. The van der Waals surface area contributed by atoms with Gasteiger partial charge in [0, 0.05) is 29.5 Å². The Morgan fingerprint density at radius 2 is 1.86 bits per heavy atom. The van der Waals surface area contributed by atoms with Crippen LogP contribution in [0.15, 0.2) is 79.1 Å². The number of anilines is 2. The van der Waals surface area contributed by atoms with Crippen molar-refractivity contribution >= 4 is 50.3 Å². The molecule has 1 saturated heterocycles. The lowest BCUT2D eigenvalue weighted by Gasteiger charge is -2.29. The normalized spacial score (nSPS) is 17.6. The van der Waals surface area contributed by atoms with E-state index in [4.69, 9.17) is 23.8 Å². The first-order chi connectivity index (χ1) is 17.6. The number of hydrogen-bond acceptors (Lipinski definition) is 4. The predicted octanol–water partition coefficient (Wildman–Crippen LogP) is 5.52. The van der Waals surface area contributed by atoms with Gasteiger partial charge in [-0.1, -0.05) is 17.7 Å². The molecule has 0 aliphatic carbocycles. The van der Waals surface area contributed by atoms with E-state index < -0.39 is 15.8 Å². The third-order valence-corrected chi connectivity index (χ3v) is 7.34.